The molecule has 0 saturated heterocycles. The molecule has 0 amide bonds. The summed E-state index contributed by atoms with van der Waals surface area (Å²) in [5, 5.41) is 0. The van der Waals surface area contributed by atoms with E-state index in [2.05, 4.69) is 61.9 Å². The topological polar surface area (TPSA) is 13.0 Å². The second-order valence-corrected chi connectivity index (χ2v) is 6.27. The van der Waals surface area contributed by atoms with Gasteiger partial charge in [-0.2, -0.15) is 0 Å². The molecule has 0 aliphatic rings. The molecular weight excluding hydrogens is 356 g/mol. The highest BCUT2D eigenvalue weighted by Gasteiger charge is 2.02. The second kappa shape index (κ2) is 46.2. The molecule has 0 heterocycles. The minimum Gasteiger partial charge on any atom is -0.309 e. The van der Waals surface area contributed by atoms with Gasteiger partial charge in [0, 0.05) is 0 Å². The van der Waals surface area contributed by atoms with Crippen LogP contribution in [-0.2, 0) is 0 Å². The summed E-state index contributed by atoms with van der Waals surface area (Å²) in [5.41, 5.74) is 0. The van der Waals surface area contributed by atoms with Gasteiger partial charge in [0.05, 0.1) is 0 Å². The van der Waals surface area contributed by atoms with E-state index in [-0.39, 0.29) is 0 Å². The molecule has 0 saturated carbocycles. The van der Waals surface area contributed by atoms with Crippen LogP contribution in [0.15, 0.2) is 0 Å². The SMILES string of the molecule is CC.CC.CC.CC.CC.CN(C)CCCN(C)CCCN(C)CCCN(C)C. The maximum absolute atomic E-state index is 2.46. The standard InChI is InChI=1S/C15H36N4.5C2H6/c1-16(2)10-7-12-18(5)14-9-15-19(6)13-8-11-17(3)4;5*1-2/h7-15H2,1-6H3;5*1-2H3. The highest BCUT2D eigenvalue weighted by atomic mass is 15.1. The first kappa shape index (κ1) is 42.8. The Morgan fingerprint density at radius 3 is 0.655 bits per heavy atom. The van der Waals surface area contributed by atoms with E-state index < -0.39 is 0 Å². The lowest BCUT2D eigenvalue weighted by Crippen LogP contribution is -2.29. The van der Waals surface area contributed by atoms with E-state index in [4.69, 9.17) is 0 Å². The first-order valence-corrected chi connectivity index (χ1v) is 12.6. The first-order chi connectivity index (χ1) is 13.9. The third kappa shape index (κ3) is 58.4. The largest absolute Gasteiger partial charge is 0.309 e. The van der Waals surface area contributed by atoms with Crippen LogP contribution in [0.1, 0.15) is 88.5 Å². The molecule has 0 bridgehead atoms. The van der Waals surface area contributed by atoms with Gasteiger partial charge in [0.15, 0.2) is 0 Å². The van der Waals surface area contributed by atoms with Crippen molar-refractivity contribution >= 4 is 0 Å². The van der Waals surface area contributed by atoms with Crippen molar-refractivity contribution in [1.29, 1.82) is 0 Å². The zero-order valence-corrected chi connectivity index (χ0v) is 24.2. The van der Waals surface area contributed by atoms with Gasteiger partial charge in [-0.3, -0.25) is 0 Å². The van der Waals surface area contributed by atoms with Crippen LogP contribution >= 0.6 is 0 Å². The molecule has 0 aliphatic heterocycles. The molecule has 0 unspecified atom stereocenters. The summed E-state index contributed by atoms with van der Waals surface area (Å²) in [6.07, 6.45) is 3.81. The lowest BCUT2D eigenvalue weighted by Gasteiger charge is -2.21. The Morgan fingerprint density at radius 2 is 0.483 bits per heavy atom. The minimum absolute atomic E-state index is 1.19. The fraction of sp³-hybridized carbons (Fsp3) is 1.00. The van der Waals surface area contributed by atoms with Crippen LogP contribution in [0.25, 0.3) is 0 Å². The maximum atomic E-state index is 2.46. The van der Waals surface area contributed by atoms with E-state index in [1.54, 1.807) is 0 Å². The van der Waals surface area contributed by atoms with Crippen molar-refractivity contribution in [1.82, 2.24) is 19.6 Å². The molecule has 0 atom stereocenters. The molecule has 0 radical (unpaired) electrons. The van der Waals surface area contributed by atoms with Gasteiger partial charge < -0.3 is 19.6 Å². The summed E-state index contributed by atoms with van der Waals surface area (Å²) in [7, 11) is 13.0. The van der Waals surface area contributed by atoms with E-state index in [1.807, 2.05) is 69.2 Å². The number of nitrogens with zero attached hydrogens (tertiary/aromatic N) is 4. The van der Waals surface area contributed by atoms with Gasteiger partial charge in [-0.15, -0.1) is 0 Å². The van der Waals surface area contributed by atoms with Gasteiger partial charge in [-0.25, -0.2) is 0 Å². The van der Waals surface area contributed by atoms with Crippen LogP contribution in [0.4, 0.5) is 0 Å². The Labute approximate surface area is 190 Å². The summed E-state index contributed by atoms with van der Waals surface area (Å²) >= 11 is 0. The molecule has 0 N–H and O–H groups in total. The van der Waals surface area contributed by atoms with E-state index in [1.165, 1.54) is 58.5 Å². The molecule has 0 aromatic rings. The fourth-order valence-corrected chi connectivity index (χ4v) is 2.15. The quantitative estimate of drug-likeness (QED) is 0.367. The van der Waals surface area contributed by atoms with Crippen LogP contribution in [0.3, 0.4) is 0 Å². The molecule has 0 rings (SSSR count). The Kier molecular flexibility index (Phi) is 68.2. The zero-order chi connectivity index (χ0) is 24.7. The Bertz CT molecular complexity index is 177. The van der Waals surface area contributed by atoms with E-state index in [0.29, 0.717) is 0 Å². The van der Waals surface area contributed by atoms with Gasteiger partial charge in [0.2, 0.25) is 0 Å². The summed E-state index contributed by atoms with van der Waals surface area (Å²) in [6.45, 7) is 27.2. The average molecular weight is 423 g/mol. The average Bonchev–Trinajstić information content (AvgIpc) is 2.75. The van der Waals surface area contributed by atoms with Crippen LogP contribution in [0.2, 0.25) is 0 Å². The predicted molar refractivity (Wildman–Crippen MR) is 143 cm³/mol. The van der Waals surface area contributed by atoms with E-state index >= 15 is 0 Å². The van der Waals surface area contributed by atoms with Gasteiger partial charge in [0.1, 0.15) is 0 Å². The monoisotopic (exact) mass is 423 g/mol. The second-order valence-electron chi connectivity index (χ2n) is 6.27. The smallest absolute Gasteiger partial charge is 0.000959 e. The summed E-state index contributed by atoms with van der Waals surface area (Å²) in [6, 6.07) is 0. The molecule has 0 fully saturated rings. The Morgan fingerprint density at radius 1 is 0.310 bits per heavy atom. The van der Waals surface area contributed by atoms with Crippen LogP contribution < -0.4 is 0 Å². The van der Waals surface area contributed by atoms with Crippen molar-refractivity contribution in [3.63, 3.8) is 0 Å². The summed E-state index contributed by atoms with van der Waals surface area (Å²) < 4.78 is 0. The molecule has 0 aromatic heterocycles. The van der Waals surface area contributed by atoms with Crippen LogP contribution in [-0.4, -0.2) is 101 Å². The van der Waals surface area contributed by atoms with Gasteiger partial charge >= 0.3 is 0 Å². The lowest BCUT2D eigenvalue weighted by atomic mass is 10.3. The first-order valence-electron chi connectivity index (χ1n) is 12.6. The lowest BCUT2D eigenvalue weighted by molar-refractivity contribution is 0.258. The molecule has 0 aliphatic carbocycles. The van der Waals surface area contributed by atoms with Gasteiger partial charge in [-0.1, -0.05) is 69.2 Å². The molecule has 29 heavy (non-hydrogen) atoms. The summed E-state index contributed by atoms with van der Waals surface area (Å²) in [4.78, 5) is 9.42. The molecular formula is C25H66N4. The number of hydrogen-bond acceptors (Lipinski definition) is 4. The number of rotatable bonds is 12. The third-order valence-corrected chi connectivity index (χ3v) is 3.37. The summed E-state index contributed by atoms with van der Waals surface area (Å²) in [5.74, 6) is 0. The van der Waals surface area contributed by atoms with Gasteiger partial charge in [0.25, 0.3) is 0 Å². The van der Waals surface area contributed by atoms with E-state index in [9.17, 15) is 0 Å². The highest BCUT2D eigenvalue weighted by Crippen LogP contribution is 1.95. The third-order valence-electron chi connectivity index (χ3n) is 3.37. The van der Waals surface area contributed by atoms with Crippen molar-refractivity contribution in [2.45, 2.75) is 88.5 Å². The Balaban J connectivity index is -0.000000114. The zero-order valence-electron chi connectivity index (χ0n) is 24.2. The molecule has 0 spiro atoms. The minimum atomic E-state index is 1.19. The van der Waals surface area contributed by atoms with E-state index in [0.717, 1.165) is 0 Å². The fourth-order valence-electron chi connectivity index (χ4n) is 2.15. The highest BCUT2D eigenvalue weighted by molar-refractivity contribution is 4.58. The van der Waals surface area contributed by atoms with Crippen molar-refractivity contribution in [2.24, 2.45) is 0 Å². The number of hydrogen-bond donors (Lipinski definition) is 0. The molecule has 0 aromatic carbocycles. The predicted octanol–water partition coefficient (Wildman–Crippen LogP) is 6.27. The molecule has 186 valence electrons. The van der Waals surface area contributed by atoms with Gasteiger partial charge in [-0.05, 0) is 101 Å². The van der Waals surface area contributed by atoms with Crippen LogP contribution in [0.5, 0.6) is 0 Å². The Hall–Kier alpha value is -0.160. The maximum Gasteiger partial charge on any atom is -0.000959 e. The van der Waals surface area contributed by atoms with Crippen molar-refractivity contribution in [3.8, 4) is 0 Å². The van der Waals surface area contributed by atoms with Crippen molar-refractivity contribution < 1.29 is 0 Å². The van der Waals surface area contributed by atoms with Crippen LogP contribution in [0, 0.1) is 0 Å². The molecule has 4 heteroatoms. The van der Waals surface area contributed by atoms with Crippen molar-refractivity contribution in [3.05, 3.63) is 0 Å². The van der Waals surface area contributed by atoms with Crippen molar-refractivity contribution in [2.75, 3.05) is 81.6 Å². The normalized spacial score (nSPS) is 9.10. The molecule has 4 nitrogen and oxygen atoms in total.